The highest BCUT2D eigenvalue weighted by molar-refractivity contribution is 6.72. The summed E-state index contributed by atoms with van der Waals surface area (Å²) in [6, 6.07) is 10.9. The molecule has 2 aliphatic heterocycles. The van der Waals surface area contributed by atoms with Gasteiger partial charge >= 0.3 is 0 Å². The Morgan fingerprint density at radius 1 is 1.29 bits per heavy atom. The summed E-state index contributed by atoms with van der Waals surface area (Å²) in [4.78, 5) is 38.5. The van der Waals surface area contributed by atoms with Crippen LogP contribution in [-0.4, -0.2) is 54.2 Å². The molecule has 10 nitrogen and oxygen atoms in total. The van der Waals surface area contributed by atoms with E-state index in [0.29, 0.717) is 22.5 Å². The minimum atomic E-state index is -3.38. The van der Waals surface area contributed by atoms with Crippen molar-refractivity contribution in [3.05, 3.63) is 63.7 Å². The molecule has 0 unspecified atom stereocenters. The number of anilines is 2. The van der Waals surface area contributed by atoms with Crippen LogP contribution in [0.1, 0.15) is 31.4 Å². The standard InChI is InChI=1S/C26H32FN3O7Si/c1-15-23(38(3,4)27)22(11-12-31)37-26(15)20-13-19(30(35)36)9-10-21(20)29(25(26)34)14-17-5-7-18(8-6-17)28-24(33)16(2)32/h5-10,13,15-16,22-23,31-32H,11-12,14H2,1-4H3,(H,28,33)/t15-,16-,22+,23-,26+/m0/s1. The van der Waals surface area contributed by atoms with Crippen LogP contribution in [0.5, 0.6) is 0 Å². The Bertz CT molecular complexity index is 1250. The number of nitro benzene ring substituents is 1. The molecule has 0 saturated carbocycles. The Kier molecular flexibility index (Phi) is 7.45. The van der Waals surface area contributed by atoms with Crippen LogP contribution >= 0.6 is 0 Å². The van der Waals surface area contributed by atoms with E-state index in [1.54, 1.807) is 44.3 Å². The van der Waals surface area contributed by atoms with Crippen LogP contribution < -0.4 is 10.2 Å². The summed E-state index contributed by atoms with van der Waals surface area (Å²) in [5.41, 5.74) is -0.475. The molecule has 2 heterocycles. The summed E-state index contributed by atoms with van der Waals surface area (Å²) >= 11 is 0. The number of aliphatic hydroxyl groups is 2. The van der Waals surface area contributed by atoms with Gasteiger partial charge in [-0.25, -0.2) is 0 Å². The zero-order chi connectivity index (χ0) is 28.0. The van der Waals surface area contributed by atoms with Crippen LogP contribution in [-0.2, 0) is 26.5 Å². The zero-order valence-electron chi connectivity index (χ0n) is 21.7. The summed E-state index contributed by atoms with van der Waals surface area (Å²) in [7, 11) is -3.38. The first kappa shape index (κ1) is 27.8. The molecule has 12 heteroatoms. The third-order valence-electron chi connectivity index (χ3n) is 7.51. The van der Waals surface area contributed by atoms with Gasteiger partial charge in [0.05, 0.1) is 23.3 Å². The first-order valence-corrected chi connectivity index (χ1v) is 15.4. The number of benzene rings is 2. The van der Waals surface area contributed by atoms with E-state index in [4.69, 9.17) is 4.74 Å². The number of carbonyl (C=O) groups is 2. The van der Waals surface area contributed by atoms with Crippen molar-refractivity contribution in [2.75, 3.05) is 16.8 Å². The Hall–Kier alpha value is -3.19. The first-order valence-electron chi connectivity index (χ1n) is 12.5. The Morgan fingerprint density at radius 3 is 2.50 bits per heavy atom. The van der Waals surface area contributed by atoms with Gasteiger partial charge in [-0.1, -0.05) is 19.1 Å². The maximum atomic E-state index is 15.6. The van der Waals surface area contributed by atoms with Crippen LogP contribution in [0.4, 0.5) is 21.2 Å². The number of rotatable bonds is 8. The summed E-state index contributed by atoms with van der Waals surface area (Å²) in [5, 5.41) is 33.2. The fourth-order valence-corrected chi connectivity index (χ4v) is 8.37. The van der Waals surface area contributed by atoms with Gasteiger partial charge in [0.25, 0.3) is 17.5 Å². The monoisotopic (exact) mass is 545 g/mol. The first-order chi connectivity index (χ1) is 17.8. The number of nitro groups is 1. The topological polar surface area (TPSA) is 142 Å². The lowest BCUT2D eigenvalue weighted by molar-refractivity contribution is -0.385. The Balaban J connectivity index is 1.74. The van der Waals surface area contributed by atoms with E-state index >= 15 is 4.11 Å². The van der Waals surface area contributed by atoms with Crippen LogP contribution in [0.15, 0.2) is 42.5 Å². The number of hydrogen-bond acceptors (Lipinski definition) is 7. The molecule has 204 valence electrons. The number of amides is 2. The number of fused-ring (bicyclic) bond motifs is 2. The van der Waals surface area contributed by atoms with Gasteiger partial charge in [0.2, 0.25) is 8.41 Å². The molecule has 0 aromatic heterocycles. The van der Waals surface area contributed by atoms with Gasteiger partial charge in [0.15, 0.2) is 5.60 Å². The number of ether oxygens (including phenoxy) is 1. The molecular weight excluding hydrogens is 513 g/mol. The average Bonchev–Trinajstić information content (AvgIpc) is 3.27. The maximum absolute atomic E-state index is 15.6. The number of non-ortho nitro benzene ring substituents is 1. The largest absolute Gasteiger partial charge is 0.396 e. The van der Waals surface area contributed by atoms with Crippen molar-refractivity contribution < 1.29 is 33.6 Å². The molecule has 2 amide bonds. The van der Waals surface area contributed by atoms with Crippen LogP contribution in [0.3, 0.4) is 0 Å². The predicted octanol–water partition coefficient (Wildman–Crippen LogP) is 3.62. The second kappa shape index (κ2) is 10.2. The summed E-state index contributed by atoms with van der Waals surface area (Å²) in [6.45, 7) is 6.06. The molecule has 38 heavy (non-hydrogen) atoms. The van der Waals surface area contributed by atoms with E-state index in [1.807, 2.05) is 0 Å². The summed E-state index contributed by atoms with van der Waals surface area (Å²) in [5.74, 6) is -1.61. The minimum Gasteiger partial charge on any atom is -0.396 e. The van der Waals surface area contributed by atoms with E-state index in [9.17, 15) is 29.9 Å². The molecule has 2 aromatic rings. The molecule has 0 aliphatic carbocycles. The van der Waals surface area contributed by atoms with Crippen LogP contribution in [0.2, 0.25) is 18.6 Å². The molecule has 4 rings (SSSR count). The van der Waals surface area contributed by atoms with Crippen molar-refractivity contribution in [3.8, 4) is 0 Å². The Labute approximate surface area is 220 Å². The lowest BCUT2D eigenvalue weighted by Gasteiger charge is -2.31. The van der Waals surface area contributed by atoms with Crippen molar-refractivity contribution >= 4 is 37.3 Å². The van der Waals surface area contributed by atoms with Crippen molar-refractivity contribution in [1.29, 1.82) is 0 Å². The van der Waals surface area contributed by atoms with Crippen LogP contribution in [0.25, 0.3) is 0 Å². The molecule has 1 spiro atoms. The normalized spacial score (nSPS) is 25.5. The lowest BCUT2D eigenvalue weighted by Crippen LogP contribution is -2.45. The van der Waals surface area contributed by atoms with E-state index in [0.717, 1.165) is 0 Å². The van der Waals surface area contributed by atoms with Crippen molar-refractivity contribution in [2.45, 2.75) is 63.3 Å². The third kappa shape index (κ3) is 4.73. The highest BCUT2D eigenvalue weighted by Gasteiger charge is 2.66. The van der Waals surface area contributed by atoms with Crippen molar-refractivity contribution in [1.82, 2.24) is 0 Å². The maximum Gasteiger partial charge on any atom is 0.269 e. The molecule has 2 aromatic carbocycles. The number of aliphatic hydroxyl groups excluding tert-OH is 2. The zero-order valence-corrected chi connectivity index (χ0v) is 22.7. The molecule has 0 bridgehead atoms. The molecule has 3 N–H and O–H groups in total. The number of nitrogens with one attached hydrogen (secondary N) is 1. The quantitative estimate of drug-likeness (QED) is 0.199. The molecule has 0 radical (unpaired) electrons. The number of halogens is 1. The molecule has 1 saturated heterocycles. The van der Waals surface area contributed by atoms with Gasteiger partial charge in [0, 0.05) is 41.4 Å². The van der Waals surface area contributed by atoms with Gasteiger partial charge < -0.3 is 29.3 Å². The van der Waals surface area contributed by atoms with Gasteiger partial charge in [-0.3, -0.25) is 19.7 Å². The summed E-state index contributed by atoms with van der Waals surface area (Å²) < 4.78 is 22.0. The van der Waals surface area contributed by atoms with E-state index in [2.05, 4.69) is 5.32 Å². The second-order valence-corrected chi connectivity index (χ2v) is 14.3. The molecule has 5 atom stereocenters. The van der Waals surface area contributed by atoms with E-state index in [1.165, 1.54) is 30.0 Å². The van der Waals surface area contributed by atoms with Gasteiger partial charge in [0.1, 0.15) is 6.10 Å². The van der Waals surface area contributed by atoms with Crippen LogP contribution in [0, 0.1) is 16.0 Å². The SMILES string of the molecule is C[C@H](O)C(=O)Nc1ccc(CN2C(=O)[C@]3(O[C@H](CCO)[C@@H]([Si](C)(C)F)[C@@H]3C)c3cc([N+](=O)[O-])ccc32)cc1. The molecule has 1 fully saturated rings. The predicted molar refractivity (Wildman–Crippen MR) is 141 cm³/mol. The fourth-order valence-electron chi connectivity index (χ4n) is 5.83. The minimum absolute atomic E-state index is 0.109. The van der Waals surface area contributed by atoms with Gasteiger partial charge in [-0.05, 0) is 50.2 Å². The summed E-state index contributed by atoms with van der Waals surface area (Å²) in [6.07, 6.45) is -1.73. The highest BCUT2D eigenvalue weighted by Crippen LogP contribution is 2.60. The number of carbonyl (C=O) groups excluding carboxylic acids is 2. The Morgan fingerprint density at radius 2 is 1.95 bits per heavy atom. The van der Waals surface area contributed by atoms with Crippen molar-refractivity contribution in [2.24, 2.45) is 5.92 Å². The third-order valence-corrected chi connectivity index (χ3v) is 9.97. The average molecular weight is 546 g/mol. The fraction of sp³-hybridized carbons (Fsp3) is 0.462. The van der Waals surface area contributed by atoms with E-state index < -0.39 is 54.4 Å². The van der Waals surface area contributed by atoms with Gasteiger partial charge in [-0.15, -0.1) is 0 Å². The highest BCUT2D eigenvalue weighted by atomic mass is 28.4. The van der Waals surface area contributed by atoms with E-state index in [-0.39, 0.29) is 25.3 Å². The second-order valence-electron chi connectivity index (χ2n) is 10.5. The number of hydrogen-bond donors (Lipinski definition) is 3. The smallest absolute Gasteiger partial charge is 0.269 e. The molecule has 2 aliphatic rings. The van der Waals surface area contributed by atoms with Gasteiger partial charge in [-0.2, -0.15) is 0 Å². The lowest BCUT2D eigenvalue weighted by atomic mass is 9.82. The van der Waals surface area contributed by atoms with Crippen molar-refractivity contribution in [3.63, 3.8) is 0 Å². The molecular formula is C26H32FN3O7Si. The number of nitrogens with zero attached hydrogens (tertiary/aromatic N) is 2.